The molecule has 0 rings (SSSR count). The van der Waals surface area contributed by atoms with Gasteiger partial charge in [0.05, 0.1) is 0 Å². The first kappa shape index (κ1) is 28.6. The maximum absolute atomic E-state index is 6.70. The number of ether oxygens (including phenoxy) is 1. The highest BCUT2D eigenvalue weighted by Gasteiger charge is 2.43. The molecule has 0 aliphatic carbocycles. The van der Waals surface area contributed by atoms with Crippen LogP contribution in [0.5, 0.6) is 0 Å². The maximum Gasteiger partial charge on any atom is 0.192 e. The Kier molecular flexibility index (Phi) is 10.6. The van der Waals surface area contributed by atoms with Gasteiger partial charge in [0.1, 0.15) is 6.61 Å². The van der Waals surface area contributed by atoms with Gasteiger partial charge in [-0.2, -0.15) is 0 Å². The van der Waals surface area contributed by atoms with E-state index in [2.05, 4.69) is 93.1 Å². The first-order valence-electron chi connectivity index (χ1n) is 10.8. The van der Waals surface area contributed by atoms with Crippen LogP contribution in [0.2, 0.25) is 36.3 Å². The van der Waals surface area contributed by atoms with E-state index >= 15 is 0 Å². The van der Waals surface area contributed by atoms with Crippen molar-refractivity contribution in [1.29, 1.82) is 0 Å². The first-order chi connectivity index (χ1) is 12.9. The standard InChI is InChI=1S/C24H48O3Si2/c1-21(2)18-24(16-14-15-17-25-9,19-26-28(10,11)22(3,4)5)20-27-29(12,13)23(6,7)8/h1,16-20H2,2-13H3. The highest BCUT2D eigenvalue weighted by atomic mass is 28.4. The van der Waals surface area contributed by atoms with Crippen molar-refractivity contribution in [2.24, 2.45) is 5.41 Å². The molecule has 29 heavy (non-hydrogen) atoms. The van der Waals surface area contributed by atoms with Gasteiger partial charge in [0, 0.05) is 32.2 Å². The van der Waals surface area contributed by atoms with Crippen LogP contribution in [0.3, 0.4) is 0 Å². The lowest BCUT2D eigenvalue weighted by Crippen LogP contribution is -2.48. The van der Waals surface area contributed by atoms with Gasteiger partial charge >= 0.3 is 0 Å². The quantitative estimate of drug-likeness (QED) is 0.207. The fraction of sp³-hybridized carbons (Fsp3) is 0.833. The molecule has 0 spiro atoms. The predicted octanol–water partition coefficient (Wildman–Crippen LogP) is 7.02. The summed E-state index contributed by atoms with van der Waals surface area (Å²) in [5.41, 5.74) is 0.966. The van der Waals surface area contributed by atoms with E-state index in [1.54, 1.807) is 7.11 Å². The van der Waals surface area contributed by atoms with Crippen LogP contribution in [0.4, 0.5) is 0 Å². The Balaban J connectivity index is 5.81. The first-order valence-corrected chi connectivity index (χ1v) is 16.6. The number of rotatable bonds is 10. The monoisotopic (exact) mass is 440 g/mol. The van der Waals surface area contributed by atoms with Gasteiger partial charge in [0.2, 0.25) is 0 Å². The fourth-order valence-corrected chi connectivity index (χ4v) is 4.62. The zero-order valence-corrected chi connectivity index (χ0v) is 23.5. The van der Waals surface area contributed by atoms with E-state index in [1.807, 2.05) is 0 Å². The molecule has 0 aromatic heterocycles. The molecule has 0 unspecified atom stereocenters. The highest BCUT2D eigenvalue weighted by Crippen LogP contribution is 2.42. The Hall–Kier alpha value is -0.386. The number of hydrogen-bond donors (Lipinski definition) is 0. The molecule has 0 N–H and O–H groups in total. The Labute approximate surface area is 184 Å². The molecular weight excluding hydrogens is 392 g/mol. The summed E-state index contributed by atoms with van der Waals surface area (Å²) in [5.74, 6) is 6.47. The summed E-state index contributed by atoms with van der Waals surface area (Å²) >= 11 is 0. The van der Waals surface area contributed by atoms with Crippen molar-refractivity contribution in [3.63, 3.8) is 0 Å². The van der Waals surface area contributed by atoms with Crippen molar-refractivity contribution in [3.05, 3.63) is 12.2 Å². The Morgan fingerprint density at radius 2 is 1.24 bits per heavy atom. The summed E-state index contributed by atoms with van der Waals surface area (Å²) in [6.45, 7) is 31.0. The second-order valence-electron chi connectivity index (χ2n) is 11.7. The average Bonchev–Trinajstić information content (AvgIpc) is 2.52. The van der Waals surface area contributed by atoms with E-state index in [9.17, 15) is 0 Å². The van der Waals surface area contributed by atoms with Crippen LogP contribution in [0.25, 0.3) is 0 Å². The van der Waals surface area contributed by atoms with Gasteiger partial charge in [0.15, 0.2) is 16.6 Å². The lowest BCUT2D eigenvalue weighted by Gasteiger charge is -2.43. The molecule has 0 fully saturated rings. The Bertz CT molecular complexity index is 554. The van der Waals surface area contributed by atoms with Crippen molar-refractivity contribution in [3.8, 4) is 11.8 Å². The third-order valence-corrected chi connectivity index (χ3v) is 15.5. The Morgan fingerprint density at radius 1 is 0.828 bits per heavy atom. The van der Waals surface area contributed by atoms with E-state index in [0.717, 1.165) is 18.4 Å². The van der Waals surface area contributed by atoms with Crippen molar-refractivity contribution >= 4 is 16.6 Å². The van der Waals surface area contributed by atoms with Crippen LogP contribution in [-0.2, 0) is 13.6 Å². The van der Waals surface area contributed by atoms with Crippen molar-refractivity contribution in [1.82, 2.24) is 0 Å². The SMILES string of the molecule is C=C(C)CC(CC#CCOC)(CO[Si](C)(C)C(C)(C)C)CO[Si](C)(C)C(C)(C)C. The molecule has 0 bridgehead atoms. The molecular formula is C24H48O3Si2. The van der Waals surface area contributed by atoms with Gasteiger partial charge in [-0.1, -0.05) is 53.0 Å². The minimum absolute atomic E-state index is 0.171. The summed E-state index contributed by atoms with van der Waals surface area (Å²) in [6.07, 6.45) is 1.59. The van der Waals surface area contributed by atoms with E-state index in [4.69, 9.17) is 13.6 Å². The molecule has 0 aliphatic rings. The fourth-order valence-electron chi connectivity index (χ4n) is 2.42. The molecule has 3 nitrogen and oxygen atoms in total. The van der Waals surface area contributed by atoms with Gasteiger partial charge in [-0.3, -0.25) is 0 Å². The van der Waals surface area contributed by atoms with Gasteiger partial charge in [-0.15, -0.1) is 12.5 Å². The van der Waals surface area contributed by atoms with Crippen LogP contribution in [-0.4, -0.2) is 43.6 Å². The molecule has 5 heteroatoms. The average molecular weight is 441 g/mol. The predicted molar refractivity (Wildman–Crippen MR) is 132 cm³/mol. The molecule has 0 atom stereocenters. The number of methoxy groups -OCH3 is 1. The molecule has 0 amide bonds. The van der Waals surface area contributed by atoms with Crippen LogP contribution in [0.15, 0.2) is 12.2 Å². The number of allylic oxidation sites excluding steroid dienone is 1. The molecule has 170 valence electrons. The third kappa shape index (κ3) is 9.52. The molecule has 0 aliphatic heterocycles. The second kappa shape index (κ2) is 10.8. The van der Waals surface area contributed by atoms with E-state index < -0.39 is 16.6 Å². The normalized spacial score (nSPS) is 13.8. The Morgan fingerprint density at radius 3 is 1.55 bits per heavy atom. The lowest BCUT2D eigenvalue weighted by atomic mass is 9.81. The summed E-state index contributed by atoms with van der Waals surface area (Å²) < 4.78 is 18.5. The summed E-state index contributed by atoms with van der Waals surface area (Å²) in [7, 11) is -2.08. The smallest absolute Gasteiger partial charge is 0.192 e. The summed E-state index contributed by atoms with van der Waals surface area (Å²) in [6, 6.07) is 0. The van der Waals surface area contributed by atoms with Crippen LogP contribution in [0, 0.1) is 17.3 Å². The topological polar surface area (TPSA) is 27.7 Å². The highest BCUT2D eigenvalue weighted by molar-refractivity contribution is 6.74. The van der Waals surface area contributed by atoms with Crippen molar-refractivity contribution < 1.29 is 13.6 Å². The van der Waals surface area contributed by atoms with Gasteiger partial charge in [-0.05, 0) is 49.6 Å². The third-order valence-electron chi connectivity index (χ3n) is 6.57. The zero-order valence-electron chi connectivity index (χ0n) is 21.5. The van der Waals surface area contributed by atoms with Crippen molar-refractivity contribution in [2.45, 2.75) is 97.6 Å². The van der Waals surface area contributed by atoms with Crippen LogP contribution < -0.4 is 0 Å². The van der Waals surface area contributed by atoms with Gasteiger partial charge < -0.3 is 13.6 Å². The van der Waals surface area contributed by atoms with Crippen LogP contribution in [0.1, 0.15) is 61.3 Å². The molecule has 0 heterocycles. The second-order valence-corrected chi connectivity index (χ2v) is 21.3. The molecule has 0 saturated heterocycles. The summed E-state index contributed by atoms with van der Waals surface area (Å²) in [4.78, 5) is 0. The van der Waals surface area contributed by atoms with Gasteiger partial charge in [0.25, 0.3) is 0 Å². The maximum atomic E-state index is 6.70. The van der Waals surface area contributed by atoms with E-state index in [-0.39, 0.29) is 15.5 Å². The van der Waals surface area contributed by atoms with Crippen LogP contribution >= 0.6 is 0 Å². The van der Waals surface area contributed by atoms with Gasteiger partial charge in [-0.25, -0.2) is 0 Å². The summed E-state index contributed by atoms with van der Waals surface area (Å²) in [5, 5.41) is 0.341. The minimum Gasteiger partial charge on any atom is -0.416 e. The largest absolute Gasteiger partial charge is 0.416 e. The molecule has 0 aromatic carbocycles. The minimum atomic E-state index is -1.88. The van der Waals surface area contributed by atoms with E-state index in [0.29, 0.717) is 19.8 Å². The lowest BCUT2D eigenvalue weighted by molar-refractivity contribution is 0.0685. The number of hydrogen-bond acceptors (Lipinski definition) is 3. The van der Waals surface area contributed by atoms with Crippen molar-refractivity contribution in [2.75, 3.05) is 26.9 Å². The zero-order chi connectivity index (χ0) is 23.1. The molecule has 0 radical (unpaired) electrons. The molecule has 0 aromatic rings. The molecule has 0 saturated carbocycles. The van der Waals surface area contributed by atoms with E-state index in [1.165, 1.54) is 0 Å².